The summed E-state index contributed by atoms with van der Waals surface area (Å²) in [6.45, 7) is 2.87. The van der Waals surface area contributed by atoms with Gasteiger partial charge in [-0.1, -0.05) is 0 Å². The molecule has 1 aliphatic rings. The Balaban J connectivity index is 2.09. The monoisotopic (exact) mass is 241 g/mol. The van der Waals surface area contributed by atoms with Crippen LogP contribution < -0.4 is 0 Å². The van der Waals surface area contributed by atoms with Crippen molar-refractivity contribution in [2.75, 3.05) is 19.8 Å². The zero-order valence-electron chi connectivity index (χ0n) is 9.13. The summed E-state index contributed by atoms with van der Waals surface area (Å²) in [5.41, 5.74) is 0.718. The Bertz CT molecular complexity index is 352. The maximum Gasteiger partial charge on any atom is 0.255 e. The lowest BCUT2D eigenvalue weighted by Crippen LogP contribution is -2.51. The topological polar surface area (TPSA) is 49.8 Å². The summed E-state index contributed by atoms with van der Waals surface area (Å²) in [6, 6.07) is 1.89. The Morgan fingerprint density at radius 3 is 3.19 bits per heavy atom. The number of carbonyl (C=O) groups is 1. The lowest BCUT2D eigenvalue weighted by Gasteiger charge is -2.37. The van der Waals surface area contributed by atoms with Crippen LogP contribution in [0.4, 0.5) is 0 Å². The van der Waals surface area contributed by atoms with Crippen LogP contribution in [0.5, 0.6) is 0 Å². The number of aliphatic hydroxyl groups excluding tert-OH is 1. The average Bonchev–Trinajstić information content (AvgIpc) is 2.82. The minimum Gasteiger partial charge on any atom is -0.394 e. The number of hydrogen-bond acceptors (Lipinski definition) is 4. The maximum atomic E-state index is 12.1. The van der Waals surface area contributed by atoms with Gasteiger partial charge in [-0.3, -0.25) is 4.79 Å². The van der Waals surface area contributed by atoms with Crippen LogP contribution in [0.2, 0.25) is 0 Å². The molecule has 2 heterocycles. The van der Waals surface area contributed by atoms with E-state index in [1.165, 1.54) is 11.3 Å². The molecule has 0 spiro atoms. The molecule has 0 aliphatic carbocycles. The van der Waals surface area contributed by atoms with Crippen LogP contribution in [0.1, 0.15) is 17.3 Å². The molecule has 1 aromatic heterocycles. The van der Waals surface area contributed by atoms with Crippen molar-refractivity contribution in [2.45, 2.75) is 19.1 Å². The molecule has 0 radical (unpaired) electrons. The van der Waals surface area contributed by atoms with Crippen LogP contribution in [0.25, 0.3) is 0 Å². The van der Waals surface area contributed by atoms with Gasteiger partial charge in [0, 0.05) is 11.9 Å². The molecular formula is C11H15NO3S. The molecule has 88 valence electrons. The average molecular weight is 241 g/mol. The van der Waals surface area contributed by atoms with E-state index in [1.54, 1.807) is 4.90 Å². The quantitative estimate of drug-likeness (QED) is 0.839. The van der Waals surface area contributed by atoms with Crippen LogP contribution in [0.15, 0.2) is 16.8 Å². The van der Waals surface area contributed by atoms with E-state index in [4.69, 9.17) is 9.84 Å². The van der Waals surface area contributed by atoms with Gasteiger partial charge in [-0.05, 0) is 18.4 Å². The van der Waals surface area contributed by atoms with Gasteiger partial charge in [0.15, 0.2) is 0 Å². The summed E-state index contributed by atoms with van der Waals surface area (Å²) in [7, 11) is 0. The van der Waals surface area contributed by atoms with Crippen molar-refractivity contribution >= 4 is 17.2 Å². The molecule has 1 N–H and O–H groups in total. The number of morpholine rings is 1. The molecule has 0 aromatic carbocycles. The molecule has 1 fully saturated rings. The highest BCUT2D eigenvalue weighted by Gasteiger charge is 2.29. The summed E-state index contributed by atoms with van der Waals surface area (Å²) < 4.78 is 5.40. The predicted octanol–water partition coefficient (Wildman–Crippen LogP) is 0.970. The van der Waals surface area contributed by atoms with Gasteiger partial charge in [0.05, 0.1) is 30.9 Å². The van der Waals surface area contributed by atoms with Crippen molar-refractivity contribution in [3.8, 4) is 0 Å². The largest absolute Gasteiger partial charge is 0.394 e. The minimum absolute atomic E-state index is 0.0236. The number of nitrogens with zero attached hydrogens (tertiary/aromatic N) is 1. The highest BCUT2D eigenvalue weighted by molar-refractivity contribution is 7.08. The highest BCUT2D eigenvalue weighted by Crippen LogP contribution is 2.16. The second-order valence-electron chi connectivity index (χ2n) is 3.96. The molecule has 0 saturated carbocycles. The predicted molar refractivity (Wildman–Crippen MR) is 61.6 cm³/mol. The van der Waals surface area contributed by atoms with E-state index in [1.807, 2.05) is 23.8 Å². The third kappa shape index (κ3) is 2.26. The molecule has 1 aliphatic heterocycles. The van der Waals surface area contributed by atoms with Crippen molar-refractivity contribution in [1.29, 1.82) is 0 Å². The molecule has 1 aromatic rings. The molecule has 4 nitrogen and oxygen atoms in total. The first kappa shape index (κ1) is 11.6. The molecule has 2 unspecified atom stereocenters. The number of rotatable bonds is 2. The second-order valence-corrected chi connectivity index (χ2v) is 4.74. The van der Waals surface area contributed by atoms with E-state index >= 15 is 0 Å². The van der Waals surface area contributed by atoms with Crippen molar-refractivity contribution in [3.05, 3.63) is 22.4 Å². The normalized spacial score (nSPS) is 25.8. The number of aliphatic hydroxyl groups is 1. The van der Waals surface area contributed by atoms with Gasteiger partial charge in [-0.25, -0.2) is 0 Å². The Morgan fingerprint density at radius 2 is 2.56 bits per heavy atom. The fraction of sp³-hybridized carbons (Fsp3) is 0.545. The fourth-order valence-electron chi connectivity index (χ4n) is 1.76. The van der Waals surface area contributed by atoms with E-state index in [2.05, 4.69) is 0 Å². The van der Waals surface area contributed by atoms with E-state index < -0.39 is 0 Å². The van der Waals surface area contributed by atoms with Crippen LogP contribution in [0, 0.1) is 0 Å². The molecule has 16 heavy (non-hydrogen) atoms. The fourth-order valence-corrected chi connectivity index (χ4v) is 2.39. The summed E-state index contributed by atoms with van der Waals surface area (Å²) in [6.07, 6.45) is -0.251. The van der Waals surface area contributed by atoms with Gasteiger partial charge in [0.1, 0.15) is 0 Å². The molecule has 0 bridgehead atoms. The molecule has 2 rings (SSSR count). The first-order valence-electron chi connectivity index (χ1n) is 5.28. The number of thiophene rings is 1. The van der Waals surface area contributed by atoms with Crippen molar-refractivity contribution in [3.63, 3.8) is 0 Å². The van der Waals surface area contributed by atoms with Gasteiger partial charge >= 0.3 is 0 Å². The van der Waals surface area contributed by atoms with Crippen molar-refractivity contribution in [2.24, 2.45) is 0 Å². The van der Waals surface area contributed by atoms with Gasteiger partial charge < -0.3 is 14.7 Å². The number of amides is 1. The van der Waals surface area contributed by atoms with Crippen molar-refractivity contribution in [1.82, 2.24) is 4.90 Å². The van der Waals surface area contributed by atoms with Gasteiger partial charge in [0.25, 0.3) is 5.91 Å². The zero-order valence-corrected chi connectivity index (χ0v) is 9.94. The summed E-state index contributed by atoms with van der Waals surface area (Å²) >= 11 is 1.51. The molecule has 2 atom stereocenters. The lowest BCUT2D eigenvalue weighted by molar-refractivity contribution is -0.0667. The first-order valence-corrected chi connectivity index (χ1v) is 6.22. The number of hydrogen-bond donors (Lipinski definition) is 1. The second kappa shape index (κ2) is 4.95. The third-order valence-corrected chi connectivity index (χ3v) is 3.42. The van der Waals surface area contributed by atoms with E-state index in [0.29, 0.717) is 13.2 Å². The summed E-state index contributed by atoms with van der Waals surface area (Å²) in [5, 5.41) is 12.8. The van der Waals surface area contributed by atoms with Crippen LogP contribution >= 0.6 is 11.3 Å². The van der Waals surface area contributed by atoms with E-state index in [9.17, 15) is 4.79 Å². The summed E-state index contributed by atoms with van der Waals surface area (Å²) in [5.74, 6) is 0.0236. The molecule has 1 amide bonds. The van der Waals surface area contributed by atoms with Crippen LogP contribution in [-0.2, 0) is 4.74 Å². The van der Waals surface area contributed by atoms with Crippen LogP contribution in [0.3, 0.4) is 0 Å². The lowest BCUT2D eigenvalue weighted by atomic mass is 10.1. The maximum absolute atomic E-state index is 12.1. The Morgan fingerprint density at radius 1 is 1.75 bits per heavy atom. The van der Waals surface area contributed by atoms with E-state index in [-0.39, 0.29) is 24.7 Å². The third-order valence-electron chi connectivity index (χ3n) is 2.74. The standard InChI is InChI=1S/C11H15NO3S/c1-8-6-15-10(5-13)4-12(8)11(14)9-2-3-16-7-9/h2-3,7-8,10,13H,4-6H2,1H3. The molecule has 5 heteroatoms. The molecule has 1 saturated heterocycles. The Kier molecular flexibility index (Phi) is 3.58. The van der Waals surface area contributed by atoms with Crippen molar-refractivity contribution < 1.29 is 14.6 Å². The van der Waals surface area contributed by atoms with Gasteiger partial charge in [-0.15, -0.1) is 0 Å². The van der Waals surface area contributed by atoms with E-state index in [0.717, 1.165) is 5.56 Å². The minimum atomic E-state index is -0.251. The zero-order chi connectivity index (χ0) is 11.5. The Hall–Kier alpha value is -0.910. The SMILES string of the molecule is CC1COC(CO)CN1C(=O)c1ccsc1. The highest BCUT2D eigenvalue weighted by atomic mass is 32.1. The Labute approximate surface area is 98.4 Å². The summed E-state index contributed by atoms with van der Waals surface area (Å²) in [4.78, 5) is 13.9. The number of carbonyl (C=O) groups excluding carboxylic acids is 1. The smallest absolute Gasteiger partial charge is 0.255 e. The van der Waals surface area contributed by atoms with Gasteiger partial charge in [0.2, 0.25) is 0 Å². The molecular weight excluding hydrogens is 226 g/mol. The first-order chi connectivity index (χ1) is 7.72. The van der Waals surface area contributed by atoms with Gasteiger partial charge in [-0.2, -0.15) is 11.3 Å². The number of ether oxygens (including phenoxy) is 1. The van der Waals surface area contributed by atoms with Crippen LogP contribution in [-0.4, -0.2) is 47.8 Å².